The van der Waals surface area contributed by atoms with Crippen LogP contribution < -0.4 is 15.6 Å². The number of rotatable bonds is 6. The second kappa shape index (κ2) is 8.79. The van der Waals surface area contributed by atoms with Crippen LogP contribution in [0.2, 0.25) is 4.34 Å². The largest absolute Gasteiger partial charge is 0.496 e. The summed E-state index contributed by atoms with van der Waals surface area (Å²) in [5.74, 6) is 0.528. The minimum Gasteiger partial charge on any atom is -0.496 e. The number of thiophene rings is 1. The van der Waals surface area contributed by atoms with Crippen molar-refractivity contribution in [2.24, 2.45) is 7.05 Å². The molecule has 9 heteroatoms. The summed E-state index contributed by atoms with van der Waals surface area (Å²) in [6.45, 7) is 0.453. The fraction of sp³-hybridized carbons (Fsp3) is 0.136. The maximum atomic E-state index is 13.3. The van der Waals surface area contributed by atoms with Gasteiger partial charge in [0.15, 0.2) is 0 Å². The third-order valence-electron chi connectivity index (χ3n) is 4.71. The molecule has 7 nitrogen and oxygen atoms in total. The summed E-state index contributed by atoms with van der Waals surface area (Å²) in [5.41, 5.74) is 0.964. The van der Waals surface area contributed by atoms with E-state index in [1.165, 1.54) is 27.7 Å². The summed E-state index contributed by atoms with van der Waals surface area (Å²) in [6.07, 6.45) is 1.67. The van der Waals surface area contributed by atoms with Gasteiger partial charge in [-0.15, -0.1) is 11.3 Å². The van der Waals surface area contributed by atoms with Crippen molar-refractivity contribution in [2.45, 2.75) is 6.54 Å². The number of pyridine rings is 1. The maximum absolute atomic E-state index is 13.3. The fourth-order valence-corrected chi connectivity index (χ4v) is 4.17. The van der Waals surface area contributed by atoms with Crippen molar-refractivity contribution in [3.8, 4) is 17.0 Å². The molecule has 0 saturated carbocycles. The van der Waals surface area contributed by atoms with E-state index in [1.54, 1.807) is 55.7 Å². The zero-order chi connectivity index (χ0) is 22.0. The highest BCUT2D eigenvalue weighted by Crippen LogP contribution is 2.26. The van der Waals surface area contributed by atoms with E-state index in [2.05, 4.69) is 10.4 Å². The zero-order valence-corrected chi connectivity index (χ0v) is 18.4. The molecule has 0 aliphatic heterocycles. The Labute approximate surface area is 187 Å². The van der Waals surface area contributed by atoms with E-state index in [4.69, 9.17) is 16.3 Å². The first-order valence-electron chi connectivity index (χ1n) is 9.40. The molecule has 0 fully saturated rings. The van der Waals surface area contributed by atoms with Gasteiger partial charge in [0, 0.05) is 24.2 Å². The van der Waals surface area contributed by atoms with Gasteiger partial charge in [-0.25, -0.2) is 0 Å². The number of nitrogens with one attached hydrogen (secondary N) is 1. The van der Waals surface area contributed by atoms with Crippen molar-refractivity contribution >= 4 is 34.7 Å². The van der Waals surface area contributed by atoms with Crippen LogP contribution in [-0.2, 0) is 13.6 Å². The van der Waals surface area contributed by atoms with Crippen LogP contribution in [0.1, 0.15) is 15.2 Å². The van der Waals surface area contributed by atoms with Crippen LogP contribution >= 0.6 is 22.9 Å². The smallest absolute Gasteiger partial charge is 0.283 e. The van der Waals surface area contributed by atoms with Crippen LogP contribution in [0.3, 0.4) is 0 Å². The van der Waals surface area contributed by atoms with Crippen LogP contribution in [0, 0.1) is 0 Å². The first-order valence-corrected chi connectivity index (χ1v) is 10.6. The molecule has 0 radical (unpaired) electrons. The molecule has 0 unspecified atom stereocenters. The van der Waals surface area contributed by atoms with E-state index in [0.717, 1.165) is 4.88 Å². The molecule has 1 N–H and O–H groups in total. The van der Waals surface area contributed by atoms with Gasteiger partial charge in [-0.1, -0.05) is 23.7 Å². The van der Waals surface area contributed by atoms with Gasteiger partial charge in [0.2, 0.25) is 0 Å². The maximum Gasteiger partial charge on any atom is 0.283 e. The number of halogens is 1. The molecule has 158 valence electrons. The second-order valence-corrected chi connectivity index (χ2v) is 8.53. The SMILES string of the molecule is COc1ccccc1C(=O)n1nc(-c2cccn(C)c2=O)cc1NCc1ccc(Cl)s1. The van der Waals surface area contributed by atoms with Crippen LogP contribution in [-0.4, -0.2) is 27.4 Å². The zero-order valence-electron chi connectivity index (χ0n) is 16.8. The van der Waals surface area contributed by atoms with E-state index in [9.17, 15) is 9.59 Å². The van der Waals surface area contributed by atoms with Gasteiger partial charge in [0.1, 0.15) is 17.3 Å². The minimum atomic E-state index is -0.372. The van der Waals surface area contributed by atoms with Crippen molar-refractivity contribution in [3.05, 3.63) is 85.9 Å². The number of anilines is 1. The highest BCUT2D eigenvalue weighted by molar-refractivity contribution is 7.16. The number of methoxy groups -OCH3 is 1. The number of hydrogen-bond acceptors (Lipinski definition) is 6. The van der Waals surface area contributed by atoms with E-state index in [0.29, 0.717) is 39.3 Å². The molecule has 4 aromatic rings. The van der Waals surface area contributed by atoms with Gasteiger partial charge < -0.3 is 14.6 Å². The average molecular weight is 455 g/mol. The number of benzene rings is 1. The number of hydrogen-bond donors (Lipinski definition) is 1. The number of aryl methyl sites for hydroxylation is 1. The summed E-state index contributed by atoms with van der Waals surface area (Å²) < 4.78 is 8.75. The molecule has 0 saturated heterocycles. The normalized spacial score (nSPS) is 10.8. The van der Waals surface area contributed by atoms with Crippen LogP contribution in [0.15, 0.2) is 65.6 Å². The van der Waals surface area contributed by atoms with E-state index < -0.39 is 0 Å². The third kappa shape index (κ3) is 4.26. The molecule has 4 rings (SSSR count). The minimum absolute atomic E-state index is 0.200. The van der Waals surface area contributed by atoms with Gasteiger partial charge >= 0.3 is 0 Å². The fourth-order valence-electron chi connectivity index (χ4n) is 3.15. The van der Waals surface area contributed by atoms with E-state index >= 15 is 0 Å². The summed E-state index contributed by atoms with van der Waals surface area (Å²) in [5, 5.41) is 7.70. The molecule has 0 bridgehead atoms. The van der Waals surface area contributed by atoms with Crippen LogP contribution in [0.4, 0.5) is 5.82 Å². The molecular formula is C22H19ClN4O3S. The molecule has 0 atom stereocenters. The average Bonchev–Trinajstić information content (AvgIpc) is 3.39. The number of nitrogens with zero attached hydrogens (tertiary/aromatic N) is 3. The quantitative estimate of drug-likeness (QED) is 0.470. The Hall–Kier alpha value is -3.36. The van der Waals surface area contributed by atoms with Gasteiger partial charge in [-0.2, -0.15) is 9.78 Å². The molecular weight excluding hydrogens is 436 g/mol. The van der Waals surface area contributed by atoms with Crippen molar-refractivity contribution in [3.63, 3.8) is 0 Å². The molecule has 3 heterocycles. The first-order chi connectivity index (χ1) is 15.0. The standard InChI is InChI=1S/C22H19ClN4O3S/c1-26-11-5-7-15(21(26)28)17-12-20(24-13-14-9-10-19(23)31-14)27(25-17)22(29)16-6-3-4-8-18(16)30-2/h3-12,24H,13H2,1-2H3. The topological polar surface area (TPSA) is 78.2 Å². The summed E-state index contributed by atoms with van der Waals surface area (Å²) in [7, 11) is 3.18. The van der Waals surface area contributed by atoms with Crippen LogP contribution in [0.5, 0.6) is 5.75 Å². The lowest BCUT2D eigenvalue weighted by Crippen LogP contribution is -2.19. The van der Waals surface area contributed by atoms with Gasteiger partial charge in [-0.3, -0.25) is 9.59 Å². The van der Waals surface area contributed by atoms with Gasteiger partial charge in [-0.05, 0) is 36.4 Å². The third-order valence-corrected chi connectivity index (χ3v) is 5.94. The summed E-state index contributed by atoms with van der Waals surface area (Å²) in [4.78, 5) is 26.9. The van der Waals surface area contributed by atoms with E-state index in [-0.39, 0.29) is 11.5 Å². The Kier molecular flexibility index (Phi) is 5.92. The molecule has 31 heavy (non-hydrogen) atoms. The summed E-state index contributed by atoms with van der Waals surface area (Å²) >= 11 is 7.47. The van der Waals surface area contributed by atoms with E-state index in [1.807, 2.05) is 12.1 Å². The molecule has 3 aromatic heterocycles. The molecule has 0 aliphatic rings. The van der Waals surface area contributed by atoms with Crippen LogP contribution in [0.25, 0.3) is 11.3 Å². The highest BCUT2D eigenvalue weighted by Gasteiger charge is 2.21. The second-order valence-electron chi connectivity index (χ2n) is 6.73. The molecule has 0 amide bonds. The predicted octanol–water partition coefficient (Wildman–Crippen LogP) is 4.27. The van der Waals surface area contributed by atoms with Crippen molar-refractivity contribution in [1.82, 2.24) is 14.3 Å². The highest BCUT2D eigenvalue weighted by atomic mass is 35.5. The van der Waals surface area contributed by atoms with Gasteiger partial charge in [0.25, 0.3) is 11.5 Å². The lowest BCUT2D eigenvalue weighted by molar-refractivity contribution is 0.0945. The van der Waals surface area contributed by atoms with Crippen molar-refractivity contribution in [1.29, 1.82) is 0 Å². The Balaban J connectivity index is 1.77. The molecule has 0 aliphatic carbocycles. The number of ether oxygens (including phenoxy) is 1. The lowest BCUT2D eigenvalue weighted by Gasteiger charge is -2.10. The predicted molar refractivity (Wildman–Crippen MR) is 122 cm³/mol. The molecule has 0 spiro atoms. The van der Waals surface area contributed by atoms with Gasteiger partial charge in [0.05, 0.1) is 29.1 Å². The Morgan fingerprint density at radius 2 is 2.00 bits per heavy atom. The first kappa shape index (κ1) is 20.9. The number of para-hydroxylation sites is 1. The Morgan fingerprint density at radius 1 is 1.19 bits per heavy atom. The lowest BCUT2D eigenvalue weighted by atomic mass is 10.2. The van der Waals surface area contributed by atoms with Crippen molar-refractivity contribution < 1.29 is 9.53 Å². The summed E-state index contributed by atoms with van der Waals surface area (Å²) in [6, 6.07) is 15.8. The molecule has 1 aromatic carbocycles. The monoisotopic (exact) mass is 454 g/mol. The number of carbonyl (C=O) groups is 1. The van der Waals surface area contributed by atoms with Crippen molar-refractivity contribution in [2.75, 3.05) is 12.4 Å². The number of carbonyl (C=O) groups excluding carboxylic acids is 1. The Morgan fingerprint density at radius 3 is 2.74 bits per heavy atom. The number of aromatic nitrogens is 3. The Bertz CT molecular complexity index is 1310.